The molecule has 2 N–H and O–H groups in total. The molecule has 0 bridgehead atoms. The molecule has 0 heterocycles. The number of nitrogens with zero attached hydrogens (tertiary/aromatic N) is 1. The van der Waals surface area contributed by atoms with Gasteiger partial charge in [0.1, 0.15) is 0 Å². The van der Waals surface area contributed by atoms with Crippen molar-refractivity contribution >= 4 is 25.7 Å². The van der Waals surface area contributed by atoms with Crippen molar-refractivity contribution in [2.24, 2.45) is 0 Å². The Bertz CT molecular complexity index is 639. The van der Waals surface area contributed by atoms with Crippen LogP contribution in [0.15, 0.2) is 91.0 Å². The Kier molecular flexibility index (Phi) is 4.82. The fourth-order valence-corrected chi connectivity index (χ4v) is 3.11. The normalized spacial score (nSPS) is 11.6. The number of hydrogen-bond acceptors (Lipinski definition) is 3. The molecule has 0 spiro atoms. The first-order valence-corrected chi connectivity index (χ1v) is 8.33. The van der Waals surface area contributed by atoms with E-state index in [0.29, 0.717) is 0 Å². The Morgan fingerprint density at radius 3 is 1.13 bits per heavy atom. The van der Waals surface area contributed by atoms with Gasteiger partial charge in [-0.15, -0.1) is 4.62 Å². The molecule has 0 amide bonds. The monoisotopic (exact) mass is 326 g/mol. The molecule has 0 aromatic heterocycles. The van der Waals surface area contributed by atoms with Crippen LogP contribution in [0.25, 0.3) is 0 Å². The van der Waals surface area contributed by atoms with Gasteiger partial charge in [0.2, 0.25) is 0 Å². The average Bonchev–Trinajstić information content (AvgIpc) is 2.62. The molecular weight excluding hydrogens is 309 g/mol. The van der Waals surface area contributed by atoms with Crippen LogP contribution < -0.4 is 4.65 Å². The number of para-hydroxylation sites is 3. The second-order valence-corrected chi connectivity index (χ2v) is 5.62. The summed E-state index contributed by atoms with van der Waals surface area (Å²) in [4.78, 5) is 19.3. The van der Waals surface area contributed by atoms with E-state index in [0.717, 1.165) is 17.1 Å². The molecular formula is C18H17NO3P+. The molecule has 0 aliphatic heterocycles. The molecule has 0 radical (unpaired) electrons. The van der Waals surface area contributed by atoms with E-state index < -0.39 is 8.60 Å². The van der Waals surface area contributed by atoms with Gasteiger partial charge in [-0.3, -0.25) is 0 Å². The molecule has 0 saturated carbocycles. The van der Waals surface area contributed by atoms with E-state index in [2.05, 4.69) is 0 Å². The van der Waals surface area contributed by atoms with E-state index in [9.17, 15) is 9.79 Å². The molecule has 3 rings (SSSR count). The Labute approximate surface area is 136 Å². The topological polar surface area (TPSA) is 49.7 Å². The highest BCUT2D eigenvalue weighted by Gasteiger charge is 2.41. The maximum atomic E-state index is 9.65. The van der Waals surface area contributed by atoms with Crippen LogP contribution in [0, 0.1) is 0 Å². The van der Waals surface area contributed by atoms with Crippen molar-refractivity contribution in [1.82, 2.24) is 4.65 Å². The lowest BCUT2D eigenvalue weighted by atomic mass is 10.2. The minimum Gasteiger partial charge on any atom is -0.324 e. The summed E-state index contributed by atoms with van der Waals surface area (Å²) in [5.74, 6) is 0. The van der Waals surface area contributed by atoms with E-state index in [4.69, 9.17) is 4.62 Å². The number of rotatable bonds is 5. The predicted molar refractivity (Wildman–Crippen MR) is 92.9 cm³/mol. The highest BCUT2D eigenvalue weighted by atomic mass is 31.2. The van der Waals surface area contributed by atoms with Crippen LogP contribution in [0.4, 0.5) is 17.1 Å². The van der Waals surface area contributed by atoms with Gasteiger partial charge in [-0.25, -0.2) is 0 Å². The Morgan fingerprint density at radius 2 is 0.870 bits per heavy atom. The molecule has 3 aromatic rings. The summed E-state index contributed by atoms with van der Waals surface area (Å²) in [6, 6.07) is 28.5. The van der Waals surface area contributed by atoms with Crippen LogP contribution >= 0.6 is 8.60 Å². The summed E-state index contributed by atoms with van der Waals surface area (Å²) in [7, 11) is -2.59. The van der Waals surface area contributed by atoms with Crippen LogP contribution in [0.2, 0.25) is 0 Å². The number of hydrogen-bond donors (Lipinski definition) is 2. The van der Waals surface area contributed by atoms with Crippen LogP contribution in [0.1, 0.15) is 0 Å². The van der Waals surface area contributed by atoms with Gasteiger partial charge in [0, 0.05) is 36.4 Å². The van der Waals surface area contributed by atoms with Crippen molar-refractivity contribution in [3.63, 3.8) is 0 Å². The second-order valence-electron chi connectivity index (χ2n) is 4.95. The minimum absolute atomic E-state index is 0.221. The minimum atomic E-state index is -2.59. The van der Waals surface area contributed by atoms with Gasteiger partial charge in [-0.05, 0) is 0 Å². The zero-order chi connectivity index (χ0) is 16.1. The van der Waals surface area contributed by atoms with Crippen LogP contribution in [0.3, 0.4) is 0 Å². The second kappa shape index (κ2) is 7.01. The molecule has 3 aromatic carbocycles. The molecule has 0 aliphatic rings. The number of quaternary nitrogens is 1. The van der Waals surface area contributed by atoms with E-state index >= 15 is 0 Å². The SMILES string of the molecule is OP(O)O[N+](c1ccccc1)(c1ccccc1)c1ccccc1. The van der Waals surface area contributed by atoms with Crippen molar-refractivity contribution in [2.75, 3.05) is 0 Å². The van der Waals surface area contributed by atoms with Gasteiger partial charge in [-0.1, -0.05) is 59.2 Å². The van der Waals surface area contributed by atoms with E-state index in [1.165, 1.54) is 0 Å². The van der Waals surface area contributed by atoms with Gasteiger partial charge in [0.05, 0.1) is 0 Å². The smallest absolute Gasteiger partial charge is 0.324 e. The lowest BCUT2D eigenvalue weighted by Gasteiger charge is -2.33. The molecule has 0 fully saturated rings. The molecule has 5 heteroatoms. The van der Waals surface area contributed by atoms with Crippen LogP contribution in [-0.2, 0) is 4.62 Å². The van der Waals surface area contributed by atoms with Gasteiger partial charge < -0.3 is 9.79 Å². The summed E-state index contributed by atoms with van der Waals surface area (Å²) >= 11 is 0. The fraction of sp³-hybridized carbons (Fsp3) is 0. The van der Waals surface area contributed by atoms with Crippen molar-refractivity contribution in [3.05, 3.63) is 91.0 Å². The Morgan fingerprint density at radius 1 is 0.565 bits per heavy atom. The third kappa shape index (κ3) is 3.17. The maximum absolute atomic E-state index is 9.65. The average molecular weight is 326 g/mol. The van der Waals surface area contributed by atoms with Crippen LogP contribution in [0.5, 0.6) is 0 Å². The Balaban J connectivity index is 2.30. The molecule has 23 heavy (non-hydrogen) atoms. The first-order valence-electron chi connectivity index (χ1n) is 7.17. The molecule has 116 valence electrons. The van der Waals surface area contributed by atoms with Gasteiger partial charge in [0.15, 0.2) is 17.1 Å². The fourth-order valence-electron chi connectivity index (χ4n) is 2.61. The van der Waals surface area contributed by atoms with E-state index in [1.54, 1.807) is 0 Å². The van der Waals surface area contributed by atoms with Crippen molar-refractivity contribution in [2.45, 2.75) is 0 Å². The van der Waals surface area contributed by atoms with Gasteiger partial charge in [0.25, 0.3) is 0 Å². The van der Waals surface area contributed by atoms with Gasteiger partial charge in [-0.2, -0.15) is 0 Å². The third-order valence-electron chi connectivity index (χ3n) is 3.55. The molecule has 4 nitrogen and oxygen atoms in total. The van der Waals surface area contributed by atoms with E-state index in [-0.39, 0.29) is 4.65 Å². The molecule has 0 aliphatic carbocycles. The summed E-state index contributed by atoms with van der Waals surface area (Å²) in [5, 5.41) is 0. The first-order chi connectivity index (χ1) is 11.2. The first kappa shape index (κ1) is 15.8. The maximum Gasteiger partial charge on any atom is 0.388 e. The standard InChI is InChI=1S/C18H17NO3P/c20-23(21)22-19(16-10-4-1-5-11-16,17-12-6-2-7-13-17)18-14-8-3-9-15-18/h1-15,20-21H/q+1. The highest BCUT2D eigenvalue weighted by molar-refractivity contribution is 7.39. The number of benzene rings is 3. The third-order valence-corrected chi connectivity index (χ3v) is 3.95. The molecule has 0 unspecified atom stereocenters. The van der Waals surface area contributed by atoms with Crippen molar-refractivity contribution in [3.8, 4) is 0 Å². The quantitative estimate of drug-likeness (QED) is 0.402. The van der Waals surface area contributed by atoms with Crippen LogP contribution in [-0.4, -0.2) is 9.79 Å². The van der Waals surface area contributed by atoms with Crippen molar-refractivity contribution in [1.29, 1.82) is 0 Å². The Hall–Kier alpha value is -2.07. The summed E-state index contributed by atoms with van der Waals surface area (Å²) in [5.41, 5.74) is 2.33. The zero-order valence-electron chi connectivity index (χ0n) is 12.4. The lowest BCUT2D eigenvalue weighted by molar-refractivity contribution is 0.0509. The predicted octanol–water partition coefficient (Wildman–Crippen LogP) is 4.80. The van der Waals surface area contributed by atoms with E-state index in [1.807, 2.05) is 91.0 Å². The highest BCUT2D eigenvalue weighted by Crippen LogP contribution is 2.49. The summed E-state index contributed by atoms with van der Waals surface area (Å²) in [6.45, 7) is 0. The summed E-state index contributed by atoms with van der Waals surface area (Å²) in [6.07, 6.45) is 0. The summed E-state index contributed by atoms with van der Waals surface area (Å²) < 4.78 is 5.49. The lowest BCUT2D eigenvalue weighted by Crippen LogP contribution is -2.37. The van der Waals surface area contributed by atoms with Gasteiger partial charge >= 0.3 is 8.60 Å². The van der Waals surface area contributed by atoms with Crippen molar-refractivity contribution < 1.29 is 14.4 Å². The zero-order valence-corrected chi connectivity index (χ0v) is 13.3. The largest absolute Gasteiger partial charge is 0.388 e. The molecule has 0 atom stereocenters. The molecule has 0 saturated heterocycles.